The summed E-state index contributed by atoms with van der Waals surface area (Å²) in [7, 11) is 0. The Balaban J connectivity index is 1.96. The first-order valence-electron chi connectivity index (χ1n) is 14.1. The molecule has 41 heavy (non-hydrogen) atoms. The van der Waals surface area contributed by atoms with Crippen LogP contribution in [0, 0.1) is 0 Å². The quantitative estimate of drug-likeness (QED) is 0.124. The third-order valence-electron chi connectivity index (χ3n) is 6.87. The molecule has 1 fully saturated rings. The number of anilines is 1. The van der Waals surface area contributed by atoms with Gasteiger partial charge in [0.1, 0.15) is 5.82 Å². The molecule has 0 spiro atoms. The Bertz CT molecular complexity index is 1210. The Morgan fingerprint density at radius 1 is 0.854 bits per heavy atom. The lowest BCUT2D eigenvalue weighted by molar-refractivity contribution is -0.222. The Morgan fingerprint density at radius 2 is 1.41 bits per heavy atom. The maximum atomic E-state index is 13.1. The highest BCUT2D eigenvalue weighted by molar-refractivity contribution is 6.16. The van der Waals surface area contributed by atoms with Crippen molar-refractivity contribution in [3.63, 3.8) is 0 Å². The van der Waals surface area contributed by atoms with E-state index in [0.717, 1.165) is 49.8 Å². The van der Waals surface area contributed by atoms with E-state index in [0.29, 0.717) is 6.42 Å². The summed E-state index contributed by atoms with van der Waals surface area (Å²) < 4.78 is 50.0. The monoisotopic (exact) mass is 574 g/mol. The van der Waals surface area contributed by atoms with E-state index in [-0.39, 0.29) is 28.5 Å². The van der Waals surface area contributed by atoms with Crippen LogP contribution in [0.3, 0.4) is 0 Å². The molecular formula is C32H41F3N2O4. The van der Waals surface area contributed by atoms with Crippen molar-refractivity contribution in [3.05, 3.63) is 76.6 Å². The molecule has 9 heteroatoms. The lowest BCUT2D eigenvalue weighted by Crippen LogP contribution is -2.45. The van der Waals surface area contributed by atoms with Crippen molar-refractivity contribution >= 4 is 17.6 Å². The third-order valence-corrected chi connectivity index (χ3v) is 6.87. The highest BCUT2D eigenvalue weighted by Crippen LogP contribution is 2.31. The molecule has 1 unspecified atom stereocenters. The van der Waals surface area contributed by atoms with Crippen LogP contribution < -0.4 is 10.6 Å². The average molecular weight is 575 g/mol. The fourth-order valence-electron chi connectivity index (χ4n) is 4.59. The smallest absolute Gasteiger partial charge is 0.416 e. The van der Waals surface area contributed by atoms with Crippen LogP contribution in [-0.4, -0.2) is 23.8 Å². The average Bonchev–Trinajstić information content (AvgIpc) is 2.85. The van der Waals surface area contributed by atoms with Crippen molar-refractivity contribution in [1.29, 1.82) is 0 Å². The molecule has 1 atom stereocenters. The molecule has 3 rings (SSSR count). The lowest BCUT2D eigenvalue weighted by atomic mass is 9.86. The van der Waals surface area contributed by atoms with Gasteiger partial charge in [-0.3, -0.25) is 0 Å². The van der Waals surface area contributed by atoms with Crippen molar-refractivity contribution in [2.45, 2.75) is 103 Å². The van der Waals surface area contributed by atoms with Gasteiger partial charge in [-0.25, -0.2) is 9.59 Å². The van der Waals surface area contributed by atoms with Gasteiger partial charge in [-0.2, -0.15) is 13.2 Å². The minimum atomic E-state index is -4.49. The number of benzene rings is 2. The van der Waals surface area contributed by atoms with E-state index in [1.54, 1.807) is 0 Å². The zero-order valence-electron chi connectivity index (χ0n) is 24.7. The molecule has 0 bridgehead atoms. The minimum Gasteiger partial charge on any atom is -0.419 e. The Morgan fingerprint density at radius 3 is 1.93 bits per heavy atom. The molecule has 224 valence electrons. The van der Waals surface area contributed by atoms with E-state index in [2.05, 4.69) is 62.6 Å². The number of hydrogen-bond donors (Lipinski definition) is 2. The molecule has 6 nitrogen and oxygen atoms in total. The molecule has 2 N–H and O–H groups in total. The summed E-state index contributed by atoms with van der Waals surface area (Å²) in [5.74, 6) is -3.17. The maximum absolute atomic E-state index is 13.1. The van der Waals surface area contributed by atoms with Gasteiger partial charge >= 0.3 is 18.1 Å². The van der Waals surface area contributed by atoms with Gasteiger partial charge in [0.25, 0.3) is 5.79 Å². The maximum Gasteiger partial charge on any atom is 0.416 e. The fourth-order valence-corrected chi connectivity index (χ4v) is 4.59. The molecule has 0 aliphatic carbocycles. The van der Waals surface area contributed by atoms with Gasteiger partial charge in [0.2, 0.25) is 0 Å². The number of unbranched alkanes of at least 4 members (excludes halogenated alkanes) is 3. The minimum absolute atomic E-state index is 0.00892. The summed E-state index contributed by atoms with van der Waals surface area (Å²) >= 11 is 0. The molecule has 0 saturated carbocycles. The highest BCUT2D eigenvalue weighted by Gasteiger charge is 2.41. The Hall–Kier alpha value is -3.49. The van der Waals surface area contributed by atoms with Gasteiger partial charge in [0.05, 0.1) is 5.56 Å². The van der Waals surface area contributed by atoms with Crippen molar-refractivity contribution in [3.8, 4) is 0 Å². The van der Waals surface area contributed by atoms with Gasteiger partial charge < -0.3 is 20.1 Å². The van der Waals surface area contributed by atoms with Crippen LogP contribution in [-0.2, 0) is 37.1 Å². The second-order valence-corrected chi connectivity index (χ2v) is 12.0. The summed E-state index contributed by atoms with van der Waals surface area (Å²) in [5.41, 5.74) is 1.37. The second kappa shape index (κ2) is 13.0. The SMILES string of the molecule is CCCCCCC(Cc1ccc(C(C)(C)C)cc1)NC(Nc1ccc(C(F)(F)F)cc1)=C1C(=O)OC(C)(C)OC1=O. The van der Waals surface area contributed by atoms with Crippen molar-refractivity contribution in [2.75, 3.05) is 5.32 Å². The van der Waals surface area contributed by atoms with E-state index < -0.39 is 29.5 Å². The topological polar surface area (TPSA) is 76.7 Å². The van der Waals surface area contributed by atoms with Crippen molar-refractivity contribution in [2.24, 2.45) is 0 Å². The standard InChI is InChI=1S/C32H41F3N2O4/c1-7-8-9-10-11-25(20-21-12-14-22(15-13-21)30(2,3)4)37-27(26-28(38)40-31(5,6)41-29(26)39)36-24-18-16-23(17-19-24)32(33,34)35/h12-19,25,36-37H,7-11,20H2,1-6H3. The van der Waals surface area contributed by atoms with Crippen LogP contribution in [0.5, 0.6) is 0 Å². The summed E-state index contributed by atoms with van der Waals surface area (Å²) in [6, 6.07) is 12.5. The summed E-state index contributed by atoms with van der Waals surface area (Å²) in [6.45, 7) is 11.5. The molecule has 2 aromatic rings. The van der Waals surface area contributed by atoms with Crippen LogP contribution in [0.25, 0.3) is 0 Å². The van der Waals surface area contributed by atoms with Crippen LogP contribution in [0.2, 0.25) is 0 Å². The molecule has 0 aromatic heterocycles. The molecule has 1 aliphatic heterocycles. The lowest BCUT2D eigenvalue weighted by Gasteiger charge is -2.32. The molecule has 1 saturated heterocycles. The second-order valence-electron chi connectivity index (χ2n) is 12.0. The number of hydrogen-bond acceptors (Lipinski definition) is 6. The predicted octanol–water partition coefficient (Wildman–Crippen LogP) is 7.63. The number of carbonyl (C=O) groups is 2. The third kappa shape index (κ3) is 9.26. The van der Waals surface area contributed by atoms with Crippen molar-refractivity contribution in [1.82, 2.24) is 5.32 Å². The van der Waals surface area contributed by atoms with Gasteiger partial charge in [-0.15, -0.1) is 0 Å². The summed E-state index contributed by atoms with van der Waals surface area (Å²) in [5, 5.41) is 6.28. The van der Waals surface area contributed by atoms with E-state index in [9.17, 15) is 22.8 Å². The zero-order valence-corrected chi connectivity index (χ0v) is 24.7. The van der Waals surface area contributed by atoms with E-state index in [4.69, 9.17) is 9.47 Å². The van der Waals surface area contributed by atoms with Gasteiger partial charge in [0, 0.05) is 25.6 Å². The number of esters is 2. The number of rotatable bonds is 11. The first-order valence-corrected chi connectivity index (χ1v) is 14.1. The Kier molecular flexibility index (Phi) is 10.2. The highest BCUT2D eigenvalue weighted by atomic mass is 19.4. The summed E-state index contributed by atoms with van der Waals surface area (Å²) in [6.07, 6.45) is 0.931. The van der Waals surface area contributed by atoms with Crippen LogP contribution >= 0.6 is 0 Å². The fraction of sp³-hybridized carbons (Fsp3) is 0.500. The first kappa shape index (κ1) is 32.0. The zero-order chi connectivity index (χ0) is 30.4. The normalized spacial score (nSPS) is 16.1. The molecule has 0 amide bonds. The van der Waals surface area contributed by atoms with Crippen LogP contribution in [0.4, 0.5) is 18.9 Å². The molecule has 1 heterocycles. The first-order chi connectivity index (χ1) is 19.1. The van der Waals surface area contributed by atoms with Gasteiger partial charge in [0.15, 0.2) is 5.57 Å². The summed E-state index contributed by atoms with van der Waals surface area (Å²) in [4.78, 5) is 26.0. The van der Waals surface area contributed by atoms with Gasteiger partial charge in [-0.1, -0.05) is 77.6 Å². The van der Waals surface area contributed by atoms with Crippen molar-refractivity contribution < 1.29 is 32.2 Å². The number of cyclic esters (lactones) is 2. The number of halogens is 3. The largest absolute Gasteiger partial charge is 0.419 e. The van der Waals surface area contributed by atoms with Crippen LogP contribution in [0.1, 0.15) is 90.3 Å². The predicted molar refractivity (Wildman–Crippen MR) is 153 cm³/mol. The number of carbonyl (C=O) groups excluding carboxylic acids is 2. The molecule has 1 aliphatic rings. The Labute approximate surface area is 240 Å². The molecule has 0 radical (unpaired) electrons. The molecular weight excluding hydrogens is 533 g/mol. The van der Waals surface area contributed by atoms with Crippen LogP contribution in [0.15, 0.2) is 59.9 Å². The molecule has 2 aromatic carbocycles. The van der Waals surface area contributed by atoms with E-state index >= 15 is 0 Å². The van der Waals surface area contributed by atoms with Gasteiger partial charge in [-0.05, 0) is 53.6 Å². The van der Waals surface area contributed by atoms with E-state index in [1.807, 2.05) is 0 Å². The van der Waals surface area contributed by atoms with E-state index in [1.165, 1.54) is 31.5 Å². The number of ether oxygens (including phenoxy) is 2. The number of alkyl halides is 3. The number of nitrogens with one attached hydrogen (secondary N) is 2.